The minimum absolute atomic E-state index is 0.383. The zero-order valence-corrected chi connectivity index (χ0v) is 18.2. The highest BCUT2D eigenvalue weighted by molar-refractivity contribution is 7.92. The van der Waals surface area contributed by atoms with Gasteiger partial charge in [0.25, 0.3) is 0 Å². The van der Waals surface area contributed by atoms with Crippen molar-refractivity contribution in [2.75, 3.05) is 30.0 Å². The first-order valence-corrected chi connectivity index (χ1v) is 11.3. The Labute approximate surface area is 180 Å². The summed E-state index contributed by atoms with van der Waals surface area (Å²) >= 11 is 0. The van der Waals surface area contributed by atoms with Gasteiger partial charge in [-0.3, -0.25) is 4.31 Å². The van der Waals surface area contributed by atoms with Crippen molar-refractivity contribution in [3.8, 4) is 5.75 Å². The third-order valence-electron chi connectivity index (χ3n) is 4.86. The molecule has 0 amide bonds. The summed E-state index contributed by atoms with van der Waals surface area (Å²) in [6.07, 6.45) is 6.36. The highest BCUT2D eigenvalue weighted by Crippen LogP contribution is 2.27. The van der Waals surface area contributed by atoms with Crippen LogP contribution in [0, 0.1) is 0 Å². The fourth-order valence-corrected chi connectivity index (χ4v) is 3.68. The lowest BCUT2D eigenvalue weighted by Crippen LogP contribution is -2.27. The molecule has 1 aromatic carbocycles. The average Bonchev–Trinajstić information content (AvgIpc) is 3.15. The molecule has 0 unspecified atom stereocenters. The Morgan fingerprint density at radius 3 is 2.71 bits per heavy atom. The lowest BCUT2D eigenvalue weighted by molar-refractivity contribution is 0.417. The second-order valence-corrected chi connectivity index (χ2v) is 8.97. The van der Waals surface area contributed by atoms with Crippen LogP contribution in [0.4, 0.5) is 17.5 Å². The van der Waals surface area contributed by atoms with Gasteiger partial charge in [-0.25, -0.2) is 18.4 Å². The fraction of sp³-hybridized carbons (Fsp3) is 0.190. The summed E-state index contributed by atoms with van der Waals surface area (Å²) in [5, 5.41) is 4.05. The highest BCUT2D eigenvalue weighted by Gasteiger charge is 2.18. The number of rotatable bonds is 7. The van der Waals surface area contributed by atoms with Crippen molar-refractivity contribution in [3.05, 3.63) is 66.6 Å². The molecule has 0 aliphatic carbocycles. The summed E-state index contributed by atoms with van der Waals surface area (Å²) in [5.74, 6) is 1.50. The Hall–Kier alpha value is -3.66. The van der Waals surface area contributed by atoms with Crippen molar-refractivity contribution in [1.82, 2.24) is 19.5 Å². The Morgan fingerprint density at radius 1 is 1.13 bits per heavy atom. The van der Waals surface area contributed by atoms with E-state index in [1.807, 2.05) is 47.2 Å². The monoisotopic (exact) mass is 438 g/mol. The van der Waals surface area contributed by atoms with Gasteiger partial charge in [-0.05, 0) is 24.3 Å². The first kappa shape index (κ1) is 20.6. The molecule has 0 bridgehead atoms. The van der Waals surface area contributed by atoms with Crippen molar-refractivity contribution in [2.45, 2.75) is 6.54 Å². The number of benzene rings is 1. The Bertz CT molecular complexity index is 1340. The van der Waals surface area contributed by atoms with E-state index in [0.717, 1.165) is 22.9 Å². The van der Waals surface area contributed by atoms with Crippen LogP contribution in [-0.4, -0.2) is 48.4 Å². The van der Waals surface area contributed by atoms with E-state index in [4.69, 9.17) is 4.74 Å². The van der Waals surface area contributed by atoms with Crippen LogP contribution in [0.5, 0.6) is 5.75 Å². The summed E-state index contributed by atoms with van der Waals surface area (Å²) in [5.41, 5.74) is 2.22. The number of aromatic nitrogens is 4. The molecule has 4 rings (SSSR count). The predicted molar refractivity (Wildman–Crippen MR) is 120 cm³/mol. The molecule has 3 heterocycles. The number of ether oxygens (including phenoxy) is 1. The van der Waals surface area contributed by atoms with E-state index in [0.29, 0.717) is 29.7 Å². The normalized spacial score (nSPS) is 11.5. The summed E-state index contributed by atoms with van der Waals surface area (Å²) in [4.78, 5) is 13.3. The van der Waals surface area contributed by atoms with Crippen LogP contribution in [0.1, 0.15) is 5.56 Å². The predicted octanol–water partition coefficient (Wildman–Crippen LogP) is 3.02. The van der Waals surface area contributed by atoms with E-state index in [2.05, 4.69) is 20.3 Å². The number of methoxy groups -OCH3 is 1. The maximum atomic E-state index is 12.0. The molecule has 4 aromatic rings. The number of nitrogens with one attached hydrogen (secondary N) is 1. The van der Waals surface area contributed by atoms with Gasteiger partial charge in [0.1, 0.15) is 17.2 Å². The Balaban J connectivity index is 1.68. The smallest absolute Gasteiger partial charge is 0.233 e. The number of pyridine rings is 1. The molecule has 1 N–H and O–H groups in total. The molecule has 0 saturated heterocycles. The maximum absolute atomic E-state index is 12.0. The number of hydrogen-bond acceptors (Lipinski definition) is 7. The van der Waals surface area contributed by atoms with Crippen LogP contribution in [0.15, 0.2) is 61.1 Å². The largest absolute Gasteiger partial charge is 0.495 e. The first-order valence-electron chi connectivity index (χ1n) is 9.46. The van der Waals surface area contributed by atoms with Crippen LogP contribution >= 0.6 is 0 Å². The molecule has 0 aliphatic rings. The summed E-state index contributed by atoms with van der Waals surface area (Å²) in [7, 11) is -0.335. The van der Waals surface area contributed by atoms with Gasteiger partial charge in [-0.15, -0.1) is 0 Å². The number of fused-ring (bicyclic) bond motifs is 1. The second-order valence-electron chi connectivity index (χ2n) is 6.96. The van der Waals surface area contributed by atoms with Crippen LogP contribution in [-0.2, 0) is 16.6 Å². The summed E-state index contributed by atoms with van der Waals surface area (Å²) < 4.78 is 32.5. The van der Waals surface area contributed by atoms with Gasteiger partial charge in [0.15, 0.2) is 0 Å². The highest BCUT2D eigenvalue weighted by atomic mass is 32.2. The summed E-state index contributed by atoms with van der Waals surface area (Å²) in [6.45, 7) is 0.400. The molecule has 0 fully saturated rings. The van der Waals surface area contributed by atoms with Crippen molar-refractivity contribution < 1.29 is 13.2 Å². The maximum Gasteiger partial charge on any atom is 0.233 e. The van der Waals surface area contributed by atoms with E-state index in [1.165, 1.54) is 11.4 Å². The number of para-hydroxylation sites is 2. The van der Waals surface area contributed by atoms with E-state index in [-0.39, 0.29) is 0 Å². The van der Waals surface area contributed by atoms with Gasteiger partial charge < -0.3 is 14.6 Å². The Morgan fingerprint density at radius 2 is 1.94 bits per heavy atom. The molecular formula is C21H22N6O3S. The lowest BCUT2D eigenvalue weighted by Gasteiger charge is -2.19. The number of sulfonamides is 1. The van der Waals surface area contributed by atoms with E-state index < -0.39 is 10.0 Å². The van der Waals surface area contributed by atoms with Gasteiger partial charge in [-0.1, -0.05) is 18.2 Å². The van der Waals surface area contributed by atoms with Crippen molar-refractivity contribution in [2.24, 2.45) is 0 Å². The van der Waals surface area contributed by atoms with Gasteiger partial charge in [-0.2, -0.15) is 4.98 Å². The average molecular weight is 439 g/mol. The van der Waals surface area contributed by atoms with Gasteiger partial charge >= 0.3 is 0 Å². The molecule has 0 saturated carbocycles. The molecule has 10 heteroatoms. The number of hydrogen-bond donors (Lipinski definition) is 1. The van der Waals surface area contributed by atoms with Crippen molar-refractivity contribution in [1.29, 1.82) is 0 Å². The van der Waals surface area contributed by atoms with Gasteiger partial charge in [0.2, 0.25) is 16.0 Å². The van der Waals surface area contributed by atoms with E-state index >= 15 is 0 Å². The van der Waals surface area contributed by atoms with Crippen LogP contribution in [0.25, 0.3) is 11.0 Å². The lowest BCUT2D eigenvalue weighted by atomic mass is 10.2. The molecule has 0 atom stereocenters. The van der Waals surface area contributed by atoms with Crippen LogP contribution < -0.4 is 14.4 Å². The number of anilines is 3. The molecule has 3 aromatic heterocycles. The number of nitrogens with zero attached hydrogens (tertiary/aromatic N) is 5. The standard InChI is InChI=1S/C21H22N6O3S/c1-26(31(3,28)29)19-16(7-6-11-22-19)14-27-12-10-15-13-23-21(25-20(15)27)24-17-8-4-5-9-18(17)30-2/h4-13H,14H2,1-3H3,(H,23,24,25). The summed E-state index contributed by atoms with van der Waals surface area (Å²) in [6, 6.07) is 13.1. The van der Waals surface area contributed by atoms with Gasteiger partial charge in [0.05, 0.1) is 25.6 Å². The van der Waals surface area contributed by atoms with Crippen LogP contribution in [0.2, 0.25) is 0 Å². The fourth-order valence-electron chi connectivity index (χ4n) is 3.20. The first-order chi connectivity index (χ1) is 14.9. The molecule has 9 nitrogen and oxygen atoms in total. The third kappa shape index (κ3) is 4.29. The minimum atomic E-state index is -3.43. The van der Waals surface area contributed by atoms with Crippen molar-refractivity contribution in [3.63, 3.8) is 0 Å². The topological polar surface area (TPSA) is 102 Å². The zero-order valence-electron chi connectivity index (χ0n) is 17.3. The molecular weight excluding hydrogens is 416 g/mol. The molecule has 0 aliphatic heterocycles. The Kier molecular flexibility index (Phi) is 5.47. The minimum Gasteiger partial charge on any atom is -0.495 e. The molecule has 31 heavy (non-hydrogen) atoms. The second kappa shape index (κ2) is 8.23. The van der Waals surface area contributed by atoms with E-state index in [9.17, 15) is 8.42 Å². The van der Waals surface area contributed by atoms with E-state index in [1.54, 1.807) is 25.6 Å². The zero-order chi connectivity index (χ0) is 22.0. The molecule has 0 radical (unpaired) electrons. The van der Waals surface area contributed by atoms with Crippen LogP contribution in [0.3, 0.4) is 0 Å². The molecule has 160 valence electrons. The van der Waals surface area contributed by atoms with Crippen molar-refractivity contribution >= 4 is 38.5 Å². The van der Waals surface area contributed by atoms with Gasteiger partial charge in [0, 0.05) is 36.6 Å². The third-order valence-corrected chi connectivity index (χ3v) is 6.03. The quantitative estimate of drug-likeness (QED) is 0.473. The molecule has 0 spiro atoms. The SMILES string of the molecule is COc1ccccc1Nc1ncc2ccn(Cc3cccnc3N(C)S(C)(=O)=O)c2n1.